The molecule has 0 aliphatic rings. The molecule has 0 spiro atoms. The molecule has 80 valence electrons. The second-order valence-electron chi connectivity index (χ2n) is 3.75. The summed E-state index contributed by atoms with van der Waals surface area (Å²) in [5.74, 6) is 0.446. The third kappa shape index (κ3) is 3.70. The number of hydrogen-bond donors (Lipinski definition) is 0. The average Bonchev–Trinajstić information content (AvgIpc) is 2.27. The van der Waals surface area contributed by atoms with Gasteiger partial charge in [-0.25, -0.2) is 0 Å². The Morgan fingerprint density at radius 1 is 1.40 bits per heavy atom. The highest BCUT2D eigenvalue weighted by Gasteiger charge is 2.14. The molecule has 0 saturated carbocycles. The minimum absolute atomic E-state index is 0.144. The zero-order valence-corrected chi connectivity index (χ0v) is 9.28. The highest BCUT2D eigenvalue weighted by molar-refractivity contribution is 5.82. The van der Waals surface area contributed by atoms with Crippen molar-refractivity contribution in [2.45, 2.75) is 26.2 Å². The van der Waals surface area contributed by atoms with E-state index >= 15 is 0 Å². The normalized spacial score (nSPS) is 12.1. The van der Waals surface area contributed by atoms with E-state index in [9.17, 15) is 4.79 Å². The lowest BCUT2D eigenvalue weighted by Crippen LogP contribution is -2.15. The number of carbonyl (C=O) groups is 1. The van der Waals surface area contributed by atoms with Crippen LogP contribution in [0.25, 0.3) is 0 Å². The van der Waals surface area contributed by atoms with E-state index in [4.69, 9.17) is 0 Å². The van der Waals surface area contributed by atoms with E-state index in [0.29, 0.717) is 12.2 Å². The first-order valence-electron chi connectivity index (χ1n) is 5.45. The van der Waals surface area contributed by atoms with Crippen LogP contribution in [0.15, 0.2) is 43.0 Å². The van der Waals surface area contributed by atoms with Crippen LogP contribution in [-0.4, -0.2) is 5.78 Å². The Kier molecular flexibility index (Phi) is 4.82. The van der Waals surface area contributed by atoms with E-state index in [2.05, 4.69) is 25.6 Å². The van der Waals surface area contributed by atoms with Gasteiger partial charge in [-0.1, -0.05) is 43.3 Å². The first-order valence-corrected chi connectivity index (χ1v) is 5.45. The van der Waals surface area contributed by atoms with Crippen molar-refractivity contribution >= 4 is 5.78 Å². The van der Waals surface area contributed by atoms with Gasteiger partial charge in [0.15, 0.2) is 0 Å². The van der Waals surface area contributed by atoms with Crippen molar-refractivity contribution in [2.24, 2.45) is 5.92 Å². The Bertz CT molecular complexity index is 313. The maximum absolute atomic E-state index is 11.7. The van der Waals surface area contributed by atoms with Crippen LogP contribution < -0.4 is 0 Å². The molecule has 1 rings (SSSR count). The molecule has 0 unspecified atom stereocenters. The van der Waals surface area contributed by atoms with E-state index in [-0.39, 0.29) is 5.92 Å². The topological polar surface area (TPSA) is 17.1 Å². The lowest BCUT2D eigenvalue weighted by atomic mass is 9.91. The Hall–Kier alpha value is -1.37. The van der Waals surface area contributed by atoms with Crippen molar-refractivity contribution in [3.8, 4) is 0 Å². The smallest absolute Gasteiger partial charge is 0.140 e. The van der Waals surface area contributed by atoms with E-state index in [1.54, 1.807) is 6.08 Å². The highest BCUT2D eigenvalue weighted by Crippen LogP contribution is 2.14. The van der Waals surface area contributed by atoms with Crippen molar-refractivity contribution in [1.82, 2.24) is 0 Å². The molecule has 1 atom stereocenters. The van der Waals surface area contributed by atoms with Crippen molar-refractivity contribution in [3.05, 3.63) is 48.6 Å². The summed E-state index contributed by atoms with van der Waals surface area (Å²) in [4.78, 5) is 11.7. The van der Waals surface area contributed by atoms with E-state index < -0.39 is 0 Å². The Morgan fingerprint density at radius 3 is 2.60 bits per heavy atom. The summed E-state index contributed by atoms with van der Waals surface area (Å²) in [5, 5.41) is 0. The molecule has 0 amide bonds. The molecule has 0 heterocycles. The summed E-state index contributed by atoms with van der Waals surface area (Å²) >= 11 is 0. The molecular weight excluding hydrogens is 184 g/mol. The number of benzene rings is 1. The van der Waals surface area contributed by atoms with Crippen molar-refractivity contribution in [3.63, 3.8) is 0 Å². The Morgan fingerprint density at radius 2 is 2.07 bits per heavy atom. The number of ketones is 1. The first-order chi connectivity index (χ1) is 7.27. The van der Waals surface area contributed by atoms with Crippen LogP contribution in [0.3, 0.4) is 0 Å². The van der Waals surface area contributed by atoms with E-state index in [1.807, 2.05) is 18.2 Å². The van der Waals surface area contributed by atoms with Crippen molar-refractivity contribution in [1.29, 1.82) is 0 Å². The number of allylic oxidation sites excluding steroid dienone is 1. The van der Waals surface area contributed by atoms with Gasteiger partial charge in [-0.05, 0) is 18.4 Å². The van der Waals surface area contributed by atoms with Crippen LogP contribution in [0.1, 0.15) is 25.3 Å². The van der Waals surface area contributed by atoms with Gasteiger partial charge in [0.2, 0.25) is 0 Å². The van der Waals surface area contributed by atoms with Crippen LogP contribution in [-0.2, 0) is 11.2 Å². The molecule has 0 aliphatic heterocycles. The monoisotopic (exact) mass is 202 g/mol. The molecule has 1 aromatic carbocycles. The van der Waals surface area contributed by atoms with Gasteiger partial charge in [0, 0.05) is 12.3 Å². The van der Waals surface area contributed by atoms with Crippen LogP contribution in [0, 0.1) is 5.92 Å². The summed E-state index contributed by atoms with van der Waals surface area (Å²) < 4.78 is 0. The zero-order chi connectivity index (χ0) is 11.1. The number of rotatable bonds is 6. The number of Topliss-reactive ketones (excluding diaryl/α,β-unsaturated/α-hetero) is 1. The Labute approximate surface area is 91.8 Å². The van der Waals surface area contributed by atoms with Crippen LogP contribution in [0.4, 0.5) is 0 Å². The molecule has 1 nitrogen and oxygen atoms in total. The predicted octanol–water partition coefficient (Wildman–Crippen LogP) is 3.40. The van der Waals surface area contributed by atoms with Crippen LogP contribution >= 0.6 is 0 Å². The molecule has 1 heteroatoms. The van der Waals surface area contributed by atoms with Gasteiger partial charge in [-0.2, -0.15) is 0 Å². The van der Waals surface area contributed by atoms with E-state index in [1.165, 1.54) is 5.56 Å². The van der Waals surface area contributed by atoms with Crippen molar-refractivity contribution in [2.75, 3.05) is 0 Å². The molecule has 0 saturated heterocycles. The highest BCUT2D eigenvalue weighted by atomic mass is 16.1. The second kappa shape index (κ2) is 6.18. The van der Waals surface area contributed by atoms with Crippen molar-refractivity contribution < 1.29 is 4.79 Å². The van der Waals surface area contributed by atoms with Crippen LogP contribution in [0.2, 0.25) is 0 Å². The number of hydrogen-bond acceptors (Lipinski definition) is 1. The summed E-state index contributed by atoms with van der Waals surface area (Å²) in [7, 11) is 0. The van der Waals surface area contributed by atoms with Gasteiger partial charge in [0.05, 0.1) is 0 Å². The maximum atomic E-state index is 11.7. The molecule has 0 radical (unpaired) electrons. The average molecular weight is 202 g/mol. The molecule has 0 fully saturated rings. The van der Waals surface area contributed by atoms with E-state index in [0.717, 1.165) is 12.8 Å². The molecule has 0 aliphatic carbocycles. The van der Waals surface area contributed by atoms with Gasteiger partial charge in [-0.15, -0.1) is 6.58 Å². The van der Waals surface area contributed by atoms with Gasteiger partial charge in [-0.3, -0.25) is 4.79 Å². The quantitative estimate of drug-likeness (QED) is 0.646. The molecular formula is C14H18O. The second-order valence-corrected chi connectivity index (χ2v) is 3.75. The summed E-state index contributed by atoms with van der Waals surface area (Å²) in [6.45, 7) is 5.67. The summed E-state index contributed by atoms with van der Waals surface area (Å²) in [6.07, 6.45) is 3.94. The lowest BCUT2D eigenvalue weighted by molar-refractivity contribution is -0.122. The van der Waals surface area contributed by atoms with Gasteiger partial charge < -0.3 is 0 Å². The standard InChI is InChI=1S/C14H18O/c1-3-8-14(15)13(4-2)11-12-9-6-5-7-10-12/h3,5-7,9-10,13H,1,4,8,11H2,2H3/t13-/m1/s1. The van der Waals surface area contributed by atoms with Gasteiger partial charge in [0.1, 0.15) is 5.78 Å². The van der Waals surface area contributed by atoms with Crippen LogP contribution in [0.5, 0.6) is 0 Å². The fourth-order valence-electron chi connectivity index (χ4n) is 1.69. The first kappa shape index (κ1) is 11.7. The lowest BCUT2D eigenvalue weighted by Gasteiger charge is -2.12. The van der Waals surface area contributed by atoms with Gasteiger partial charge >= 0.3 is 0 Å². The zero-order valence-electron chi connectivity index (χ0n) is 9.28. The van der Waals surface area contributed by atoms with Gasteiger partial charge in [0.25, 0.3) is 0 Å². The third-order valence-electron chi connectivity index (χ3n) is 2.62. The molecule has 0 N–H and O–H groups in total. The Balaban J connectivity index is 2.61. The maximum Gasteiger partial charge on any atom is 0.140 e. The molecule has 0 bridgehead atoms. The molecule has 15 heavy (non-hydrogen) atoms. The fraction of sp³-hybridized carbons (Fsp3) is 0.357. The molecule has 1 aromatic rings. The summed E-state index contributed by atoms with van der Waals surface area (Å²) in [5.41, 5.74) is 1.24. The predicted molar refractivity (Wildman–Crippen MR) is 63.7 cm³/mol. The SMILES string of the molecule is C=CCC(=O)[C@H](CC)Cc1ccccc1. The number of carbonyl (C=O) groups excluding carboxylic acids is 1. The summed E-state index contributed by atoms with van der Waals surface area (Å²) in [6, 6.07) is 10.2. The minimum atomic E-state index is 0.144. The third-order valence-corrected chi connectivity index (χ3v) is 2.62. The molecule has 0 aromatic heterocycles. The largest absolute Gasteiger partial charge is 0.299 e. The fourth-order valence-corrected chi connectivity index (χ4v) is 1.69. The minimum Gasteiger partial charge on any atom is -0.299 e.